The molecule has 0 fully saturated rings. The van der Waals surface area contributed by atoms with Crippen molar-refractivity contribution in [1.82, 2.24) is 24.7 Å². The number of aliphatic hydroxyl groups is 1. The van der Waals surface area contributed by atoms with Crippen LogP contribution in [-0.2, 0) is 19.6 Å². The van der Waals surface area contributed by atoms with Crippen LogP contribution in [0, 0.1) is 0 Å². The molecular formula is C19H33N5O. The second kappa shape index (κ2) is 9.75. The average molecular weight is 348 g/mol. The molecule has 0 amide bonds. The molecule has 0 saturated carbocycles. The van der Waals surface area contributed by atoms with Gasteiger partial charge in [-0.15, -0.1) is 0 Å². The third-order valence-corrected chi connectivity index (χ3v) is 4.38. The largest absolute Gasteiger partial charge is 0.390 e. The smallest absolute Gasteiger partial charge is 0.118 e. The van der Waals surface area contributed by atoms with Crippen molar-refractivity contribution in [1.29, 1.82) is 0 Å². The Morgan fingerprint density at radius 3 is 2.72 bits per heavy atom. The van der Waals surface area contributed by atoms with E-state index < -0.39 is 0 Å². The molecule has 6 nitrogen and oxygen atoms in total. The Hall–Kier alpha value is -1.63. The first kappa shape index (κ1) is 19.7. The van der Waals surface area contributed by atoms with E-state index in [1.165, 1.54) is 0 Å². The number of allylic oxidation sites excluding steroid dienone is 3. The van der Waals surface area contributed by atoms with Crippen molar-refractivity contribution in [2.24, 2.45) is 0 Å². The van der Waals surface area contributed by atoms with Crippen molar-refractivity contribution >= 4 is 5.82 Å². The summed E-state index contributed by atoms with van der Waals surface area (Å²) in [6, 6.07) is 0. The molecule has 1 aliphatic rings. The van der Waals surface area contributed by atoms with Gasteiger partial charge in [-0.25, -0.2) is 4.98 Å². The minimum atomic E-state index is -0.000976. The molecule has 0 unspecified atom stereocenters. The lowest BCUT2D eigenvalue weighted by Crippen LogP contribution is -2.30. The third kappa shape index (κ3) is 4.93. The Bertz CT molecular complexity index is 603. The second-order valence-corrected chi connectivity index (χ2v) is 6.75. The van der Waals surface area contributed by atoms with E-state index >= 15 is 0 Å². The summed E-state index contributed by atoms with van der Waals surface area (Å²) in [7, 11) is 6.13. The Kier molecular flexibility index (Phi) is 7.68. The standard InChI is InChI=1S/C19H33N5O/c1-5-11-23(13-8-12-22(3)4)19-10-7-6-9-18-21-16(14-20-2)17(15-25)24(18)19/h6-7,10,20,25H,5,8-9,11-15H2,1-4H3. The molecule has 0 spiro atoms. The van der Waals surface area contributed by atoms with E-state index in [2.05, 4.69) is 58.9 Å². The zero-order valence-electron chi connectivity index (χ0n) is 16.1. The molecule has 0 aromatic carbocycles. The van der Waals surface area contributed by atoms with Gasteiger partial charge in [-0.1, -0.05) is 19.1 Å². The summed E-state index contributed by atoms with van der Waals surface area (Å²) in [5, 5.41) is 13.2. The number of rotatable bonds is 10. The fraction of sp³-hybridized carbons (Fsp3) is 0.632. The van der Waals surface area contributed by atoms with Crippen LogP contribution in [0.15, 0.2) is 18.2 Å². The minimum absolute atomic E-state index is 0.000976. The van der Waals surface area contributed by atoms with Gasteiger partial charge in [-0.2, -0.15) is 0 Å². The van der Waals surface area contributed by atoms with Crippen LogP contribution in [0.25, 0.3) is 5.82 Å². The molecule has 1 aliphatic heterocycles. The van der Waals surface area contributed by atoms with Gasteiger partial charge < -0.3 is 20.2 Å². The van der Waals surface area contributed by atoms with E-state index in [1.807, 2.05) is 7.05 Å². The molecule has 0 aliphatic carbocycles. The summed E-state index contributed by atoms with van der Waals surface area (Å²) in [6.45, 7) is 5.94. The summed E-state index contributed by atoms with van der Waals surface area (Å²) in [5.41, 5.74) is 1.83. The maximum Gasteiger partial charge on any atom is 0.118 e. The zero-order chi connectivity index (χ0) is 18.2. The van der Waals surface area contributed by atoms with Gasteiger partial charge in [0.25, 0.3) is 0 Å². The van der Waals surface area contributed by atoms with Gasteiger partial charge in [-0.3, -0.25) is 4.57 Å². The SMILES string of the molecule is CCCN(CCCN(C)C)C1=CC=CCc2nc(CNC)c(CO)n21. The van der Waals surface area contributed by atoms with E-state index in [0.29, 0.717) is 6.54 Å². The molecule has 1 aromatic heterocycles. The van der Waals surface area contributed by atoms with Crippen LogP contribution in [0.2, 0.25) is 0 Å². The van der Waals surface area contributed by atoms with Crippen molar-refractivity contribution in [3.8, 4) is 0 Å². The summed E-state index contributed by atoms with van der Waals surface area (Å²) < 4.78 is 2.16. The second-order valence-electron chi connectivity index (χ2n) is 6.75. The predicted octanol–water partition coefficient (Wildman–Crippen LogP) is 1.67. The molecule has 6 heteroatoms. The van der Waals surface area contributed by atoms with Crippen LogP contribution in [0.4, 0.5) is 0 Å². The molecule has 0 bridgehead atoms. The number of aromatic nitrogens is 2. The zero-order valence-corrected chi connectivity index (χ0v) is 16.1. The first-order valence-electron chi connectivity index (χ1n) is 9.24. The molecule has 0 atom stereocenters. The van der Waals surface area contributed by atoms with Gasteiger partial charge >= 0.3 is 0 Å². The summed E-state index contributed by atoms with van der Waals surface area (Å²) >= 11 is 0. The monoisotopic (exact) mass is 347 g/mol. The van der Waals surface area contributed by atoms with E-state index in [-0.39, 0.29) is 6.61 Å². The maximum atomic E-state index is 10.00. The van der Waals surface area contributed by atoms with Crippen molar-refractivity contribution in [3.05, 3.63) is 35.4 Å². The van der Waals surface area contributed by atoms with Crippen LogP contribution < -0.4 is 5.32 Å². The van der Waals surface area contributed by atoms with Gasteiger partial charge in [0, 0.05) is 26.1 Å². The molecule has 140 valence electrons. The molecule has 2 rings (SSSR count). The quantitative estimate of drug-likeness (QED) is 0.674. The van der Waals surface area contributed by atoms with Crippen molar-refractivity contribution < 1.29 is 5.11 Å². The normalized spacial score (nSPS) is 13.8. The van der Waals surface area contributed by atoms with Crippen molar-refractivity contribution in [2.45, 2.75) is 39.3 Å². The topological polar surface area (TPSA) is 56.6 Å². The summed E-state index contributed by atoms with van der Waals surface area (Å²) in [5.74, 6) is 2.13. The highest BCUT2D eigenvalue weighted by atomic mass is 16.3. The molecule has 0 saturated heterocycles. The first-order valence-corrected chi connectivity index (χ1v) is 9.24. The van der Waals surface area contributed by atoms with Gasteiger partial charge in [0.1, 0.15) is 11.6 Å². The van der Waals surface area contributed by atoms with Gasteiger partial charge in [0.15, 0.2) is 0 Å². The first-order chi connectivity index (χ1) is 12.1. The average Bonchev–Trinajstić information content (AvgIpc) is 2.78. The molecular weight excluding hydrogens is 314 g/mol. The highest BCUT2D eigenvalue weighted by Crippen LogP contribution is 2.24. The van der Waals surface area contributed by atoms with Crippen molar-refractivity contribution in [2.75, 3.05) is 40.8 Å². The lowest BCUT2D eigenvalue weighted by atomic mass is 10.3. The lowest BCUT2D eigenvalue weighted by molar-refractivity contribution is 0.269. The molecule has 2 heterocycles. The Morgan fingerprint density at radius 2 is 2.08 bits per heavy atom. The molecule has 1 aromatic rings. The van der Waals surface area contributed by atoms with Gasteiger partial charge in [-0.05, 0) is 46.6 Å². The number of aliphatic hydroxyl groups excluding tert-OH is 1. The maximum absolute atomic E-state index is 10.00. The van der Waals surface area contributed by atoms with E-state index in [0.717, 1.165) is 61.9 Å². The fourth-order valence-electron chi connectivity index (χ4n) is 3.27. The van der Waals surface area contributed by atoms with E-state index in [9.17, 15) is 5.11 Å². The molecule has 25 heavy (non-hydrogen) atoms. The number of hydrogen-bond acceptors (Lipinski definition) is 5. The number of hydrogen-bond donors (Lipinski definition) is 2. The highest BCUT2D eigenvalue weighted by Gasteiger charge is 2.22. The van der Waals surface area contributed by atoms with Crippen LogP contribution in [0.1, 0.15) is 37.0 Å². The Labute approximate surface area is 151 Å². The summed E-state index contributed by atoms with van der Waals surface area (Å²) in [6.07, 6.45) is 9.39. The number of nitrogens with one attached hydrogen (secondary N) is 1. The van der Waals surface area contributed by atoms with Gasteiger partial charge in [0.05, 0.1) is 18.0 Å². The minimum Gasteiger partial charge on any atom is -0.390 e. The highest BCUT2D eigenvalue weighted by molar-refractivity contribution is 5.52. The molecule has 0 radical (unpaired) electrons. The lowest BCUT2D eigenvalue weighted by Gasteiger charge is -2.29. The Morgan fingerprint density at radius 1 is 1.28 bits per heavy atom. The third-order valence-electron chi connectivity index (χ3n) is 4.38. The van der Waals surface area contributed by atoms with E-state index in [4.69, 9.17) is 4.98 Å². The number of nitrogens with zero attached hydrogens (tertiary/aromatic N) is 4. The van der Waals surface area contributed by atoms with Crippen LogP contribution in [0.3, 0.4) is 0 Å². The summed E-state index contributed by atoms with van der Waals surface area (Å²) in [4.78, 5) is 9.43. The van der Waals surface area contributed by atoms with Crippen LogP contribution in [0.5, 0.6) is 0 Å². The Balaban J connectivity index is 2.35. The number of imidazole rings is 1. The molecule has 2 N–H and O–H groups in total. The van der Waals surface area contributed by atoms with Crippen molar-refractivity contribution in [3.63, 3.8) is 0 Å². The van der Waals surface area contributed by atoms with Crippen LogP contribution in [-0.4, -0.2) is 65.2 Å². The van der Waals surface area contributed by atoms with Crippen LogP contribution >= 0.6 is 0 Å². The predicted molar refractivity (Wildman–Crippen MR) is 103 cm³/mol. The van der Waals surface area contributed by atoms with Gasteiger partial charge in [0.2, 0.25) is 0 Å². The number of fused-ring (bicyclic) bond motifs is 1. The van der Waals surface area contributed by atoms with E-state index in [1.54, 1.807) is 0 Å². The fourth-order valence-corrected chi connectivity index (χ4v) is 3.27.